The molecule has 0 aliphatic heterocycles. The van der Waals surface area contributed by atoms with Crippen LogP contribution in [0.3, 0.4) is 0 Å². The minimum Gasteiger partial charge on any atom is -0.469 e. The van der Waals surface area contributed by atoms with Crippen LogP contribution in [0.2, 0.25) is 5.02 Å². The first-order chi connectivity index (χ1) is 9.99. The lowest BCUT2D eigenvalue weighted by molar-refractivity contribution is -0.143. The summed E-state index contributed by atoms with van der Waals surface area (Å²) in [4.78, 5) is 36.2. The monoisotopic (exact) mass is 313 g/mol. The molecule has 6 nitrogen and oxygen atoms in total. The molecule has 0 heterocycles. The lowest BCUT2D eigenvalue weighted by atomic mass is 10.2. The third-order valence-electron chi connectivity index (χ3n) is 2.75. The summed E-state index contributed by atoms with van der Waals surface area (Å²) in [5.74, 6) is -1.51. The van der Waals surface area contributed by atoms with E-state index in [2.05, 4.69) is 9.47 Å². The molecule has 0 radical (unpaired) electrons. The molecule has 1 aromatic rings. The second-order valence-electron chi connectivity index (χ2n) is 4.11. The molecule has 0 aliphatic carbocycles. The number of rotatable bonds is 6. The van der Waals surface area contributed by atoms with Gasteiger partial charge in [-0.1, -0.05) is 23.7 Å². The van der Waals surface area contributed by atoms with Crippen molar-refractivity contribution in [2.45, 2.75) is 6.42 Å². The second-order valence-corrected chi connectivity index (χ2v) is 4.52. The van der Waals surface area contributed by atoms with E-state index in [-0.39, 0.29) is 30.1 Å². The van der Waals surface area contributed by atoms with Gasteiger partial charge >= 0.3 is 11.9 Å². The second kappa shape index (κ2) is 8.26. The van der Waals surface area contributed by atoms with Crippen molar-refractivity contribution in [1.29, 1.82) is 0 Å². The van der Waals surface area contributed by atoms with E-state index in [4.69, 9.17) is 11.6 Å². The van der Waals surface area contributed by atoms with Gasteiger partial charge in [-0.05, 0) is 12.1 Å². The van der Waals surface area contributed by atoms with E-state index in [9.17, 15) is 14.4 Å². The van der Waals surface area contributed by atoms with Crippen molar-refractivity contribution >= 4 is 29.4 Å². The van der Waals surface area contributed by atoms with Crippen LogP contribution < -0.4 is 0 Å². The highest BCUT2D eigenvalue weighted by atomic mass is 35.5. The summed E-state index contributed by atoms with van der Waals surface area (Å²) in [5, 5.41) is 0.274. The third kappa shape index (κ3) is 5.07. The first-order valence-corrected chi connectivity index (χ1v) is 6.54. The lowest BCUT2D eigenvalue weighted by Crippen LogP contribution is -2.38. The van der Waals surface area contributed by atoms with Gasteiger partial charge in [0, 0.05) is 6.54 Å². The molecule has 0 spiro atoms. The number of methoxy groups -OCH3 is 2. The standard InChI is InChI=1S/C14H16ClNO5/c1-20-12(17)7-8-16(9-13(18)21-2)14(19)10-5-3-4-6-11(10)15/h3-6H,7-9H2,1-2H3. The van der Waals surface area contributed by atoms with E-state index in [0.717, 1.165) is 0 Å². The molecule has 0 saturated carbocycles. The summed E-state index contributed by atoms with van der Waals surface area (Å²) >= 11 is 5.97. The number of carbonyl (C=O) groups is 3. The van der Waals surface area contributed by atoms with Gasteiger partial charge in [-0.3, -0.25) is 14.4 Å². The number of nitrogens with zero attached hydrogens (tertiary/aromatic N) is 1. The number of carbonyl (C=O) groups excluding carboxylic acids is 3. The van der Waals surface area contributed by atoms with Crippen LogP contribution in [-0.2, 0) is 19.1 Å². The van der Waals surface area contributed by atoms with E-state index in [1.807, 2.05) is 0 Å². The molecule has 0 atom stereocenters. The minimum absolute atomic E-state index is 0.0241. The molecule has 0 aliphatic rings. The van der Waals surface area contributed by atoms with Crippen LogP contribution >= 0.6 is 11.6 Å². The lowest BCUT2D eigenvalue weighted by Gasteiger charge is -2.21. The van der Waals surface area contributed by atoms with Gasteiger partial charge in [-0.15, -0.1) is 0 Å². The fraction of sp³-hybridized carbons (Fsp3) is 0.357. The van der Waals surface area contributed by atoms with Crippen molar-refractivity contribution < 1.29 is 23.9 Å². The van der Waals surface area contributed by atoms with Crippen molar-refractivity contribution in [3.05, 3.63) is 34.9 Å². The van der Waals surface area contributed by atoms with E-state index >= 15 is 0 Å². The normalized spacial score (nSPS) is 9.86. The van der Waals surface area contributed by atoms with Gasteiger partial charge in [0.05, 0.1) is 31.2 Å². The topological polar surface area (TPSA) is 72.9 Å². The summed E-state index contributed by atoms with van der Waals surface area (Å²) in [6.07, 6.45) is -0.0241. The van der Waals surface area contributed by atoms with E-state index in [0.29, 0.717) is 0 Å². The number of ether oxygens (including phenoxy) is 2. The van der Waals surface area contributed by atoms with Crippen LogP contribution in [0.25, 0.3) is 0 Å². The summed E-state index contributed by atoms with van der Waals surface area (Å²) in [5.41, 5.74) is 0.257. The van der Waals surface area contributed by atoms with Crippen LogP contribution in [0.5, 0.6) is 0 Å². The fourth-order valence-corrected chi connectivity index (χ4v) is 1.82. The molecule has 1 amide bonds. The van der Waals surface area contributed by atoms with Crippen molar-refractivity contribution in [2.75, 3.05) is 27.3 Å². The summed E-state index contributed by atoms with van der Waals surface area (Å²) in [7, 11) is 2.48. The highest BCUT2D eigenvalue weighted by Gasteiger charge is 2.21. The molecule has 0 N–H and O–H groups in total. The van der Waals surface area contributed by atoms with Crippen LogP contribution in [-0.4, -0.2) is 50.1 Å². The molecule has 0 unspecified atom stereocenters. The maximum absolute atomic E-state index is 12.4. The molecule has 21 heavy (non-hydrogen) atoms. The van der Waals surface area contributed by atoms with Gasteiger partial charge in [-0.25, -0.2) is 0 Å². The highest BCUT2D eigenvalue weighted by Crippen LogP contribution is 2.17. The zero-order valence-electron chi connectivity index (χ0n) is 11.8. The van der Waals surface area contributed by atoms with Gasteiger partial charge in [0.25, 0.3) is 5.91 Å². The van der Waals surface area contributed by atoms with Crippen LogP contribution in [0.1, 0.15) is 16.8 Å². The van der Waals surface area contributed by atoms with Crippen molar-refractivity contribution in [3.8, 4) is 0 Å². The molecule has 0 aromatic heterocycles. The van der Waals surface area contributed by atoms with Gasteiger partial charge in [0.15, 0.2) is 0 Å². The van der Waals surface area contributed by atoms with Crippen LogP contribution in [0.4, 0.5) is 0 Å². The molecule has 0 bridgehead atoms. The minimum atomic E-state index is -0.583. The largest absolute Gasteiger partial charge is 0.469 e. The van der Waals surface area contributed by atoms with Crippen molar-refractivity contribution in [3.63, 3.8) is 0 Å². The Labute approximate surface area is 127 Å². The molecule has 1 rings (SSSR count). The molecule has 1 aromatic carbocycles. The van der Waals surface area contributed by atoms with Gasteiger partial charge in [0.1, 0.15) is 6.54 Å². The highest BCUT2D eigenvalue weighted by molar-refractivity contribution is 6.33. The zero-order valence-corrected chi connectivity index (χ0v) is 12.6. The van der Waals surface area contributed by atoms with Gasteiger partial charge < -0.3 is 14.4 Å². The number of halogens is 1. The number of amides is 1. The Morgan fingerprint density at radius 2 is 1.71 bits per heavy atom. The SMILES string of the molecule is COC(=O)CCN(CC(=O)OC)C(=O)c1ccccc1Cl. The maximum Gasteiger partial charge on any atom is 0.325 e. The third-order valence-corrected chi connectivity index (χ3v) is 3.08. The number of hydrogen-bond acceptors (Lipinski definition) is 5. The molecule has 114 valence electrons. The first-order valence-electron chi connectivity index (χ1n) is 6.17. The Kier molecular flexibility index (Phi) is 6.68. The molecular weight excluding hydrogens is 298 g/mol. The van der Waals surface area contributed by atoms with Crippen LogP contribution in [0.15, 0.2) is 24.3 Å². The van der Waals surface area contributed by atoms with E-state index in [1.54, 1.807) is 24.3 Å². The number of hydrogen-bond donors (Lipinski definition) is 0. The van der Waals surface area contributed by atoms with Gasteiger partial charge in [0.2, 0.25) is 0 Å². The molecular formula is C14H16ClNO5. The van der Waals surface area contributed by atoms with Crippen LogP contribution in [0, 0.1) is 0 Å². The Hall–Kier alpha value is -2.08. The zero-order chi connectivity index (χ0) is 15.8. The smallest absolute Gasteiger partial charge is 0.325 e. The number of esters is 2. The maximum atomic E-state index is 12.4. The average Bonchev–Trinajstić information content (AvgIpc) is 2.50. The summed E-state index contributed by atoms with van der Waals surface area (Å²) in [6, 6.07) is 6.48. The summed E-state index contributed by atoms with van der Waals surface area (Å²) in [6.45, 7) is -0.233. The predicted octanol–water partition coefficient (Wildman–Crippen LogP) is 1.52. The number of benzene rings is 1. The average molecular weight is 314 g/mol. The molecule has 0 saturated heterocycles. The Morgan fingerprint density at radius 3 is 2.29 bits per heavy atom. The van der Waals surface area contributed by atoms with Crippen molar-refractivity contribution in [1.82, 2.24) is 4.90 Å². The molecule has 0 fully saturated rings. The first kappa shape index (κ1) is 17.0. The predicted molar refractivity (Wildman–Crippen MR) is 76.0 cm³/mol. The van der Waals surface area contributed by atoms with Gasteiger partial charge in [-0.2, -0.15) is 0 Å². The fourth-order valence-electron chi connectivity index (χ4n) is 1.61. The Bertz CT molecular complexity index is 532. The Balaban J connectivity index is 2.89. The Morgan fingerprint density at radius 1 is 1.10 bits per heavy atom. The quantitative estimate of drug-likeness (QED) is 0.744. The van der Waals surface area contributed by atoms with E-state index < -0.39 is 17.8 Å². The summed E-state index contributed by atoms with van der Waals surface area (Å²) < 4.78 is 9.07. The van der Waals surface area contributed by atoms with E-state index in [1.165, 1.54) is 19.1 Å². The molecule has 7 heteroatoms. The van der Waals surface area contributed by atoms with Crippen molar-refractivity contribution in [2.24, 2.45) is 0 Å².